The summed E-state index contributed by atoms with van der Waals surface area (Å²) in [5.74, 6) is -2.17. The number of nitrogens with two attached hydrogens (primary N) is 4. The molecule has 0 spiro atoms. The molecule has 1 fully saturated rings. The number of hydrogen-bond acceptors (Lipinski definition) is 16. The highest BCUT2D eigenvalue weighted by Crippen LogP contribution is 2.31. The van der Waals surface area contributed by atoms with Gasteiger partial charge in [0.2, 0.25) is 0 Å². The molecule has 1 aliphatic rings. The predicted molar refractivity (Wildman–Crippen MR) is 521 cm³/mol. The molecule has 4 atom stereocenters. The molecule has 16 rings (SSSR count). The van der Waals surface area contributed by atoms with E-state index in [0.717, 1.165) is 147 Å². The number of ether oxygens (including phenoxy) is 4. The first kappa shape index (κ1) is 94.4. The summed E-state index contributed by atoms with van der Waals surface area (Å²) in [6, 6.07) is 109. The Balaban J connectivity index is 0.000000149. The molecule has 131 heavy (non-hydrogen) atoms. The van der Waals surface area contributed by atoms with Crippen molar-refractivity contribution in [3.63, 3.8) is 0 Å². The predicted octanol–water partition coefficient (Wildman–Crippen LogP) is 21.4. The second-order valence-corrected chi connectivity index (χ2v) is 33.6. The van der Waals surface area contributed by atoms with Crippen LogP contribution < -0.4 is 22.9 Å². The van der Waals surface area contributed by atoms with E-state index in [0.29, 0.717) is 42.4 Å². The summed E-state index contributed by atoms with van der Waals surface area (Å²) in [4.78, 5) is 101. The molecule has 16 nitrogen and oxygen atoms in total. The maximum Gasteiger partial charge on any atom is 0.338 e. The van der Waals surface area contributed by atoms with Gasteiger partial charge in [0.25, 0.3) is 0 Å². The molecule has 664 valence electrons. The van der Waals surface area contributed by atoms with Crippen molar-refractivity contribution in [2.75, 3.05) is 26.2 Å². The first-order valence-electron chi connectivity index (χ1n) is 44.8. The zero-order valence-electron chi connectivity index (χ0n) is 74.4. The van der Waals surface area contributed by atoms with Crippen LogP contribution in [0.25, 0.3) is 43.1 Å². The minimum Gasteiger partial charge on any atom is -0.461 e. The van der Waals surface area contributed by atoms with Crippen LogP contribution in [-0.4, -0.2) is 73.2 Å². The van der Waals surface area contributed by atoms with Crippen molar-refractivity contribution in [3.05, 3.63) is 440 Å². The first-order chi connectivity index (χ1) is 63.8. The number of aryl methyl sites for hydroxylation is 3. The molecular weight excluding hydrogens is 1630 g/mol. The zero-order chi connectivity index (χ0) is 92.0. The van der Waals surface area contributed by atoms with Gasteiger partial charge in [-0.15, -0.1) is 0 Å². The molecule has 0 saturated heterocycles. The lowest BCUT2D eigenvalue weighted by molar-refractivity contribution is -0.151. The Morgan fingerprint density at radius 1 is 0.267 bits per heavy atom. The second kappa shape index (κ2) is 47.2. The van der Waals surface area contributed by atoms with Gasteiger partial charge in [0.1, 0.15) is 49.6 Å². The van der Waals surface area contributed by atoms with Crippen LogP contribution in [-0.2, 0) is 95.0 Å². The Labute approximate surface area is 766 Å². The SMILES string of the molecule is Cc1ccc(C(=O)OCc2ccc(C(CN)C(=O)Cc3ccc4ccccc4c3)cc2)c(C)c1.Cc1ccccc1C(=O)OCc1ccc(C(CN)C(=O)Cc2ccc3ccccc3c2)cc1.NCC(C(=O)Cc1ccc2ccccc2c1)c1ccc(COC(=O)C2CCCCC2)cc1.NCC(C(=O)Cc1ccc2ccccc2c1)c1ccc(COC(=O)c2ccccc2)cc1. The number of esters is 4. The van der Waals surface area contributed by atoms with Gasteiger partial charge in [0.05, 0.1) is 46.3 Å². The van der Waals surface area contributed by atoms with Crippen molar-refractivity contribution in [2.45, 2.75) is 129 Å². The fourth-order valence-electron chi connectivity index (χ4n) is 16.6. The molecule has 15 aromatic carbocycles. The van der Waals surface area contributed by atoms with E-state index >= 15 is 0 Å². The molecular formula is C115H112N4O12. The Bertz CT molecular complexity index is 6450. The number of Topliss-reactive ketones (excluding diaryl/α,β-unsaturated/α-hetero) is 4. The van der Waals surface area contributed by atoms with E-state index in [9.17, 15) is 38.4 Å². The maximum absolute atomic E-state index is 13.0. The number of hydrogen-bond donors (Lipinski definition) is 4. The summed E-state index contributed by atoms with van der Waals surface area (Å²) in [6.07, 6.45) is 6.68. The van der Waals surface area contributed by atoms with E-state index in [1.54, 1.807) is 36.4 Å². The van der Waals surface area contributed by atoms with Crippen LogP contribution in [0.3, 0.4) is 0 Å². The van der Waals surface area contributed by atoms with E-state index in [2.05, 4.69) is 66.7 Å². The first-order valence-corrected chi connectivity index (χ1v) is 44.8. The molecule has 0 aliphatic heterocycles. The van der Waals surface area contributed by atoms with Crippen molar-refractivity contribution in [2.24, 2.45) is 28.9 Å². The van der Waals surface area contributed by atoms with E-state index in [4.69, 9.17) is 41.9 Å². The number of carbonyl (C=O) groups excluding carboxylic acids is 8. The number of benzene rings is 15. The highest BCUT2D eigenvalue weighted by molar-refractivity contribution is 5.95. The van der Waals surface area contributed by atoms with Crippen LogP contribution in [0.5, 0.6) is 0 Å². The lowest BCUT2D eigenvalue weighted by atomic mass is 9.89. The smallest absolute Gasteiger partial charge is 0.338 e. The summed E-state index contributed by atoms with van der Waals surface area (Å²) in [5.41, 5.74) is 39.4. The van der Waals surface area contributed by atoms with E-state index in [1.165, 1.54) is 11.8 Å². The van der Waals surface area contributed by atoms with Crippen LogP contribution in [0, 0.1) is 26.7 Å². The standard InChI is InChI=1S/C30H29NO3.C29H27NO3.C28H31NO3.C28H25NO3/c1-20-7-14-27(21(2)15-20)30(33)34-19-22-8-12-25(13-9-22)28(18-31)29(32)17-23-10-11-24-5-3-4-6-26(24)16-23;1-20-6-2-5-9-26(20)29(32)33-19-21-10-14-24(15-11-21)27(18-30)28(31)17-22-12-13-23-7-3-4-8-25(23)16-22;2*29-18-26(27(30)17-21-12-13-22-6-4-5-9-25(22)16-21)23-14-10-20(11-15-23)19-32-28(31)24-7-2-1-3-8-24/h3-16,28H,17-19,31H2,1-2H3;2-16,27H,17-19,30H2,1H3;4-6,9-16,24,26H,1-3,7-8,17-19,29H2;1-16,26H,17-19,29H2. The highest BCUT2D eigenvalue weighted by Gasteiger charge is 2.27. The molecule has 1 aliphatic carbocycles. The molecule has 0 aromatic heterocycles. The van der Waals surface area contributed by atoms with E-state index in [1.807, 2.05) is 257 Å². The zero-order valence-corrected chi connectivity index (χ0v) is 74.4. The van der Waals surface area contributed by atoms with Gasteiger partial charge in [-0.05, 0) is 179 Å². The summed E-state index contributed by atoms with van der Waals surface area (Å²) >= 11 is 0. The quantitative estimate of drug-likeness (QED) is 0.0225. The van der Waals surface area contributed by atoms with Crippen LogP contribution in [0.2, 0.25) is 0 Å². The molecule has 0 radical (unpaired) electrons. The number of fused-ring (bicyclic) bond motifs is 4. The Morgan fingerprint density at radius 2 is 0.550 bits per heavy atom. The molecule has 1 saturated carbocycles. The third kappa shape index (κ3) is 26.5. The van der Waals surface area contributed by atoms with Gasteiger partial charge in [-0.1, -0.05) is 340 Å². The third-order valence-corrected chi connectivity index (χ3v) is 24.2. The van der Waals surface area contributed by atoms with E-state index in [-0.39, 0.29) is 129 Å². The monoisotopic (exact) mass is 1740 g/mol. The Morgan fingerprint density at radius 3 is 0.870 bits per heavy atom. The summed E-state index contributed by atoms with van der Waals surface area (Å²) < 4.78 is 21.8. The summed E-state index contributed by atoms with van der Waals surface area (Å²) in [7, 11) is 0. The average molecular weight is 1740 g/mol. The molecule has 8 N–H and O–H groups in total. The lowest BCUT2D eigenvalue weighted by Gasteiger charge is -2.20. The largest absolute Gasteiger partial charge is 0.461 e. The van der Waals surface area contributed by atoms with Crippen LogP contribution in [0.4, 0.5) is 0 Å². The normalized spacial score (nSPS) is 12.7. The van der Waals surface area contributed by atoms with Gasteiger partial charge in [0.15, 0.2) is 0 Å². The average Bonchev–Trinajstić information content (AvgIpc) is 0.835. The van der Waals surface area contributed by atoms with Gasteiger partial charge in [-0.2, -0.15) is 0 Å². The maximum atomic E-state index is 13.0. The lowest BCUT2D eigenvalue weighted by Crippen LogP contribution is -2.23. The fourth-order valence-corrected chi connectivity index (χ4v) is 16.6. The van der Waals surface area contributed by atoms with Gasteiger partial charge >= 0.3 is 23.9 Å². The minimum atomic E-state index is -0.377. The van der Waals surface area contributed by atoms with Crippen molar-refractivity contribution in [1.82, 2.24) is 0 Å². The molecule has 0 bridgehead atoms. The number of ketones is 4. The van der Waals surface area contributed by atoms with Gasteiger partial charge in [0, 0.05) is 51.9 Å². The second-order valence-electron chi connectivity index (χ2n) is 33.6. The summed E-state index contributed by atoms with van der Waals surface area (Å²) in [6.45, 7) is 7.56. The Kier molecular flexibility index (Phi) is 34.0. The Hall–Kier alpha value is -14.3. The number of carbonyl (C=O) groups is 8. The molecule has 4 unspecified atom stereocenters. The minimum absolute atomic E-state index is 0.0531. The molecule has 15 aromatic rings. The van der Waals surface area contributed by atoms with Gasteiger partial charge < -0.3 is 41.9 Å². The van der Waals surface area contributed by atoms with Gasteiger partial charge in [-0.25, -0.2) is 14.4 Å². The van der Waals surface area contributed by atoms with Crippen LogP contribution in [0.15, 0.2) is 340 Å². The number of rotatable bonds is 32. The molecule has 0 heterocycles. The van der Waals surface area contributed by atoms with Gasteiger partial charge in [-0.3, -0.25) is 24.0 Å². The van der Waals surface area contributed by atoms with Crippen LogP contribution in [0.1, 0.15) is 170 Å². The molecule has 16 heteroatoms. The fraction of sp³-hybridized carbons (Fsp3) is 0.217. The van der Waals surface area contributed by atoms with Crippen molar-refractivity contribution < 1.29 is 57.3 Å². The summed E-state index contributed by atoms with van der Waals surface area (Å²) in [5, 5.41) is 9.13. The van der Waals surface area contributed by atoms with Crippen molar-refractivity contribution in [1.29, 1.82) is 0 Å². The van der Waals surface area contributed by atoms with Crippen molar-refractivity contribution >= 4 is 90.1 Å². The van der Waals surface area contributed by atoms with Crippen molar-refractivity contribution in [3.8, 4) is 0 Å². The van der Waals surface area contributed by atoms with E-state index < -0.39 is 0 Å². The third-order valence-electron chi connectivity index (χ3n) is 24.2. The molecule has 0 amide bonds. The topological polar surface area (TPSA) is 278 Å². The highest BCUT2D eigenvalue weighted by atomic mass is 16.5. The van der Waals surface area contributed by atoms with Crippen LogP contribution >= 0.6 is 0 Å².